The average molecular weight is 404 g/mol. The molecule has 0 spiro atoms. The van der Waals surface area contributed by atoms with E-state index < -0.39 is 18.4 Å². The Morgan fingerprint density at radius 2 is 1.80 bits per heavy atom. The van der Waals surface area contributed by atoms with Crippen molar-refractivity contribution in [3.05, 3.63) is 49.5 Å². The number of nitrogens with zero attached hydrogens (tertiary/aromatic N) is 1. The monoisotopic (exact) mass is 402 g/mol. The molecule has 0 saturated carbocycles. The summed E-state index contributed by atoms with van der Waals surface area (Å²) in [7, 11) is 0. The van der Waals surface area contributed by atoms with E-state index in [2.05, 4.69) is 9.97 Å². The number of ketones is 2. The molecule has 0 aromatic carbocycles. The van der Waals surface area contributed by atoms with Crippen molar-refractivity contribution in [2.45, 2.75) is 20.8 Å². The minimum Gasteiger partial charge on any atom is -0.452 e. The lowest BCUT2D eigenvalue weighted by Crippen LogP contribution is -2.16. The standard InChI is InChI=1S/C16H13Cl3N2O4/c1-6-11(8(3)22)7(2)21-14(6)10(23)5-25-16(24)15-13(19)12(18)9(17)4-20-15/h4,21H,5H2,1-3H3. The number of Topliss-reactive ketones (excluding diaryl/α,β-unsaturated/α-hetero) is 2. The van der Waals surface area contributed by atoms with E-state index in [1.54, 1.807) is 13.8 Å². The molecule has 25 heavy (non-hydrogen) atoms. The maximum absolute atomic E-state index is 12.3. The van der Waals surface area contributed by atoms with Gasteiger partial charge in [0.2, 0.25) is 5.78 Å². The second kappa shape index (κ2) is 7.56. The molecule has 1 N–H and O–H groups in total. The maximum atomic E-state index is 12.3. The Hall–Kier alpha value is -1.89. The van der Waals surface area contributed by atoms with Crippen LogP contribution in [-0.4, -0.2) is 34.1 Å². The number of pyridine rings is 1. The zero-order chi connectivity index (χ0) is 18.9. The van der Waals surface area contributed by atoms with E-state index in [1.807, 2.05) is 0 Å². The van der Waals surface area contributed by atoms with Gasteiger partial charge in [0, 0.05) is 17.5 Å². The van der Waals surface area contributed by atoms with Gasteiger partial charge in [-0.25, -0.2) is 9.78 Å². The van der Waals surface area contributed by atoms with Crippen LogP contribution in [0, 0.1) is 13.8 Å². The highest BCUT2D eigenvalue weighted by Gasteiger charge is 2.23. The number of aryl methyl sites for hydroxylation is 1. The van der Waals surface area contributed by atoms with Crippen LogP contribution in [0.15, 0.2) is 6.20 Å². The number of nitrogens with one attached hydrogen (secondary N) is 1. The SMILES string of the molecule is CC(=O)c1c(C)[nH]c(C(=O)COC(=O)c2ncc(Cl)c(Cl)c2Cl)c1C. The predicted molar refractivity (Wildman–Crippen MR) is 94.2 cm³/mol. The van der Waals surface area contributed by atoms with Crippen LogP contribution in [0.4, 0.5) is 0 Å². The average Bonchev–Trinajstić information content (AvgIpc) is 2.85. The Labute approximate surface area is 158 Å². The van der Waals surface area contributed by atoms with Crippen molar-refractivity contribution in [2.24, 2.45) is 0 Å². The lowest BCUT2D eigenvalue weighted by atomic mass is 10.1. The molecule has 0 saturated heterocycles. The van der Waals surface area contributed by atoms with E-state index in [4.69, 9.17) is 39.5 Å². The predicted octanol–water partition coefficient (Wildman–Crippen LogP) is 4.23. The molecule has 2 aromatic heterocycles. The fourth-order valence-electron chi connectivity index (χ4n) is 2.41. The van der Waals surface area contributed by atoms with E-state index in [-0.39, 0.29) is 32.2 Å². The van der Waals surface area contributed by atoms with Gasteiger partial charge in [0.05, 0.1) is 20.8 Å². The lowest BCUT2D eigenvalue weighted by molar-refractivity contribution is 0.0467. The molecule has 9 heteroatoms. The third-order valence-corrected chi connectivity index (χ3v) is 4.75. The summed E-state index contributed by atoms with van der Waals surface area (Å²) >= 11 is 17.5. The first-order valence-electron chi connectivity index (χ1n) is 7.05. The molecule has 0 aliphatic rings. The fourth-order valence-corrected chi connectivity index (χ4v) is 2.97. The van der Waals surface area contributed by atoms with E-state index in [0.717, 1.165) is 6.20 Å². The van der Waals surface area contributed by atoms with Crippen LogP contribution in [0.3, 0.4) is 0 Å². The van der Waals surface area contributed by atoms with Crippen molar-refractivity contribution < 1.29 is 19.1 Å². The highest BCUT2D eigenvalue weighted by Crippen LogP contribution is 2.31. The summed E-state index contributed by atoms with van der Waals surface area (Å²) < 4.78 is 4.94. The van der Waals surface area contributed by atoms with Crippen LogP contribution in [-0.2, 0) is 4.74 Å². The number of rotatable bonds is 5. The number of H-pyrrole nitrogens is 1. The zero-order valence-corrected chi connectivity index (χ0v) is 15.8. The van der Waals surface area contributed by atoms with Gasteiger partial charge in [-0.15, -0.1) is 0 Å². The van der Waals surface area contributed by atoms with Gasteiger partial charge < -0.3 is 9.72 Å². The first-order valence-corrected chi connectivity index (χ1v) is 8.18. The van der Waals surface area contributed by atoms with E-state index >= 15 is 0 Å². The summed E-state index contributed by atoms with van der Waals surface area (Å²) in [5.41, 5.74) is 1.51. The van der Waals surface area contributed by atoms with E-state index in [1.165, 1.54) is 6.92 Å². The minimum absolute atomic E-state index is 0.0291. The molecule has 6 nitrogen and oxygen atoms in total. The molecule has 2 rings (SSSR count). The molecule has 0 bridgehead atoms. The highest BCUT2D eigenvalue weighted by molar-refractivity contribution is 6.48. The number of esters is 1. The van der Waals surface area contributed by atoms with Gasteiger partial charge in [-0.05, 0) is 26.3 Å². The quantitative estimate of drug-likeness (QED) is 0.596. The normalized spacial score (nSPS) is 10.6. The molecule has 0 unspecified atom stereocenters. The number of carbonyl (C=O) groups excluding carboxylic acids is 3. The molecular formula is C16H13Cl3N2O4. The zero-order valence-electron chi connectivity index (χ0n) is 13.5. The van der Waals surface area contributed by atoms with Gasteiger partial charge in [0.1, 0.15) is 0 Å². The highest BCUT2D eigenvalue weighted by atomic mass is 35.5. The van der Waals surface area contributed by atoms with Gasteiger partial charge in [0.15, 0.2) is 18.1 Å². The van der Waals surface area contributed by atoms with Gasteiger partial charge in [0.25, 0.3) is 0 Å². The summed E-state index contributed by atoms with van der Waals surface area (Å²) in [6, 6.07) is 0. The summed E-state index contributed by atoms with van der Waals surface area (Å²) in [6.45, 7) is 4.20. The molecule has 0 amide bonds. The smallest absolute Gasteiger partial charge is 0.358 e. The van der Waals surface area contributed by atoms with Crippen LogP contribution in [0.2, 0.25) is 15.1 Å². The maximum Gasteiger partial charge on any atom is 0.358 e. The topological polar surface area (TPSA) is 89.1 Å². The van der Waals surface area contributed by atoms with E-state index in [9.17, 15) is 14.4 Å². The Kier molecular flexibility index (Phi) is 5.87. The first-order chi connectivity index (χ1) is 11.6. The van der Waals surface area contributed by atoms with Gasteiger partial charge >= 0.3 is 5.97 Å². The fraction of sp³-hybridized carbons (Fsp3) is 0.250. The van der Waals surface area contributed by atoms with Crippen molar-refractivity contribution in [1.82, 2.24) is 9.97 Å². The molecule has 0 aliphatic heterocycles. The summed E-state index contributed by atoms with van der Waals surface area (Å²) in [5, 5.41) is -0.0931. The van der Waals surface area contributed by atoms with Gasteiger partial charge in [-0.2, -0.15) is 0 Å². The van der Waals surface area contributed by atoms with E-state index in [0.29, 0.717) is 16.8 Å². The van der Waals surface area contributed by atoms with Crippen LogP contribution in [0.25, 0.3) is 0 Å². The number of carbonyl (C=O) groups is 3. The Morgan fingerprint density at radius 3 is 2.36 bits per heavy atom. The number of aromatic nitrogens is 2. The van der Waals surface area contributed by atoms with Crippen LogP contribution in [0.1, 0.15) is 49.5 Å². The summed E-state index contributed by atoms with van der Waals surface area (Å²) in [5.74, 6) is -1.56. The van der Waals surface area contributed by atoms with Crippen molar-refractivity contribution >= 4 is 52.3 Å². The van der Waals surface area contributed by atoms with Crippen molar-refractivity contribution in [3.63, 3.8) is 0 Å². The van der Waals surface area contributed by atoms with Crippen molar-refractivity contribution in [3.8, 4) is 0 Å². The molecule has 132 valence electrons. The molecule has 0 aliphatic carbocycles. The summed E-state index contributed by atoms with van der Waals surface area (Å²) in [6.07, 6.45) is 1.16. The number of hydrogen-bond donors (Lipinski definition) is 1. The first kappa shape index (κ1) is 19.4. The van der Waals surface area contributed by atoms with Crippen molar-refractivity contribution in [1.29, 1.82) is 0 Å². The lowest BCUT2D eigenvalue weighted by Gasteiger charge is -2.07. The van der Waals surface area contributed by atoms with Crippen LogP contribution >= 0.6 is 34.8 Å². The Balaban J connectivity index is 2.16. The van der Waals surface area contributed by atoms with Crippen LogP contribution in [0.5, 0.6) is 0 Å². The van der Waals surface area contributed by atoms with Crippen molar-refractivity contribution in [2.75, 3.05) is 6.61 Å². The molecule has 0 radical (unpaired) electrons. The molecule has 2 heterocycles. The number of ether oxygens (including phenoxy) is 1. The number of aromatic amines is 1. The molecular weight excluding hydrogens is 391 g/mol. The molecule has 2 aromatic rings. The second-order valence-corrected chi connectivity index (χ2v) is 6.43. The third-order valence-electron chi connectivity index (χ3n) is 3.51. The second-order valence-electron chi connectivity index (χ2n) is 5.26. The molecule has 0 fully saturated rings. The minimum atomic E-state index is -0.912. The molecule has 0 atom stereocenters. The largest absolute Gasteiger partial charge is 0.452 e. The number of hydrogen-bond acceptors (Lipinski definition) is 5. The van der Waals surface area contributed by atoms with Gasteiger partial charge in [-0.1, -0.05) is 34.8 Å². The Morgan fingerprint density at radius 1 is 1.16 bits per heavy atom. The number of halogens is 3. The summed E-state index contributed by atoms with van der Waals surface area (Å²) in [4.78, 5) is 42.5. The van der Waals surface area contributed by atoms with Gasteiger partial charge in [-0.3, -0.25) is 9.59 Å². The van der Waals surface area contributed by atoms with Crippen LogP contribution < -0.4 is 0 Å². The Bertz CT molecular complexity index is 890. The third kappa shape index (κ3) is 3.86.